The molecule has 1 aromatic rings. The van der Waals surface area contributed by atoms with Gasteiger partial charge < -0.3 is 24.3 Å². The van der Waals surface area contributed by atoms with Crippen LogP contribution in [0.15, 0.2) is 18.2 Å². The molecule has 0 unspecified atom stereocenters. The molecule has 0 atom stereocenters. The summed E-state index contributed by atoms with van der Waals surface area (Å²) in [5, 5.41) is 2.94. The Bertz CT molecular complexity index is 521. The summed E-state index contributed by atoms with van der Waals surface area (Å²) >= 11 is 0. The first-order valence-electron chi connectivity index (χ1n) is 9.77. The third-order valence-electron chi connectivity index (χ3n) is 4.01. The van der Waals surface area contributed by atoms with Crippen LogP contribution in [0, 0.1) is 13.8 Å². The maximum Gasteiger partial charge on any atom is 0.222 e. The van der Waals surface area contributed by atoms with Gasteiger partial charge in [0.25, 0.3) is 0 Å². The average molecular weight is 382 g/mol. The number of hydrogen-bond donors (Lipinski definition) is 1. The second-order valence-electron chi connectivity index (χ2n) is 6.31. The van der Waals surface area contributed by atoms with Crippen molar-refractivity contribution in [3.8, 4) is 0 Å². The number of benzene rings is 1. The van der Waals surface area contributed by atoms with Crippen molar-refractivity contribution in [1.29, 1.82) is 0 Å². The SMILES string of the molecule is CCOCCOCCOCCOCCC(=O)NCCc1cc(C)ccc1C. The van der Waals surface area contributed by atoms with Gasteiger partial charge in [-0.3, -0.25) is 4.79 Å². The fraction of sp³-hybridized carbons (Fsp3) is 0.667. The maximum atomic E-state index is 11.8. The van der Waals surface area contributed by atoms with Crippen molar-refractivity contribution in [2.24, 2.45) is 0 Å². The summed E-state index contributed by atoms with van der Waals surface area (Å²) in [6.45, 7) is 11.2. The number of ether oxygens (including phenoxy) is 4. The third kappa shape index (κ3) is 12.5. The van der Waals surface area contributed by atoms with Crippen LogP contribution in [-0.2, 0) is 30.2 Å². The molecule has 0 saturated carbocycles. The molecule has 0 aliphatic carbocycles. The first-order valence-corrected chi connectivity index (χ1v) is 9.77. The van der Waals surface area contributed by atoms with Crippen LogP contribution in [-0.4, -0.2) is 65.3 Å². The predicted octanol–water partition coefficient (Wildman–Crippen LogP) is 2.44. The molecule has 1 N–H and O–H groups in total. The van der Waals surface area contributed by atoms with Gasteiger partial charge in [0, 0.05) is 19.6 Å². The van der Waals surface area contributed by atoms with Gasteiger partial charge in [-0.15, -0.1) is 0 Å². The summed E-state index contributed by atoms with van der Waals surface area (Å²) in [7, 11) is 0. The van der Waals surface area contributed by atoms with Crippen molar-refractivity contribution in [1.82, 2.24) is 5.32 Å². The Morgan fingerprint density at radius 1 is 0.889 bits per heavy atom. The van der Waals surface area contributed by atoms with Gasteiger partial charge in [-0.05, 0) is 38.3 Å². The van der Waals surface area contributed by atoms with Crippen molar-refractivity contribution < 1.29 is 23.7 Å². The summed E-state index contributed by atoms with van der Waals surface area (Å²) in [4.78, 5) is 11.8. The lowest BCUT2D eigenvalue weighted by atomic mass is 10.0. The van der Waals surface area contributed by atoms with E-state index in [2.05, 4.69) is 37.4 Å². The fourth-order valence-electron chi connectivity index (χ4n) is 2.46. The van der Waals surface area contributed by atoms with E-state index < -0.39 is 0 Å². The summed E-state index contributed by atoms with van der Waals surface area (Å²) in [6, 6.07) is 6.40. The first kappa shape index (κ1) is 23.6. The predicted molar refractivity (Wildman–Crippen MR) is 106 cm³/mol. The second-order valence-corrected chi connectivity index (χ2v) is 6.31. The number of amides is 1. The summed E-state index contributed by atoms with van der Waals surface area (Å²) in [5.74, 6) is 0.0175. The van der Waals surface area contributed by atoms with Gasteiger partial charge in [-0.1, -0.05) is 23.8 Å². The molecule has 1 amide bonds. The molecular formula is C21H35NO5. The molecule has 1 rings (SSSR count). The number of rotatable bonds is 16. The highest BCUT2D eigenvalue weighted by Crippen LogP contribution is 2.10. The largest absolute Gasteiger partial charge is 0.379 e. The first-order chi connectivity index (χ1) is 13.1. The highest BCUT2D eigenvalue weighted by atomic mass is 16.6. The molecule has 6 heteroatoms. The van der Waals surface area contributed by atoms with Gasteiger partial charge in [0.05, 0.1) is 46.2 Å². The number of carbonyl (C=O) groups is 1. The standard InChI is InChI=1S/C21H35NO5/c1-4-24-11-12-26-15-16-27-14-13-25-10-8-21(23)22-9-7-20-17-18(2)5-6-19(20)3/h5-6,17H,4,7-16H2,1-3H3,(H,22,23). The van der Waals surface area contributed by atoms with Gasteiger partial charge in [0.2, 0.25) is 5.91 Å². The van der Waals surface area contributed by atoms with Gasteiger partial charge in [-0.25, -0.2) is 0 Å². The van der Waals surface area contributed by atoms with E-state index in [1.165, 1.54) is 16.7 Å². The topological polar surface area (TPSA) is 66.0 Å². The van der Waals surface area contributed by atoms with Gasteiger partial charge in [0.1, 0.15) is 0 Å². The van der Waals surface area contributed by atoms with Crippen LogP contribution in [0.25, 0.3) is 0 Å². The lowest BCUT2D eigenvalue weighted by Gasteiger charge is -2.09. The summed E-state index contributed by atoms with van der Waals surface area (Å²) in [6.07, 6.45) is 1.22. The summed E-state index contributed by atoms with van der Waals surface area (Å²) < 4.78 is 21.3. The average Bonchev–Trinajstić information content (AvgIpc) is 2.65. The Kier molecular flexibility index (Phi) is 13.6. The zero-order valence-corrected chi connectivity index (χ0v) is 17.1. The quantitative estimate of drug-likeness (QED) is 0.446. The molecule has 6 nitrogen and oxygen atoms in total. The van der Waals surface area contributed by atoms with Crippen LogP contribution >= 0.6 is 0 Å². The van der Waals surface area contributed by atoms with Crippen molar-refractivity contribution in [3.05, 3.63) is 34.9 Å². The molecule has 0 aliphatic rings. The van der Waals surface area contributed by atoms with E-state index in [1.54, 1.807) is 0 Å². The number of hydrogen-bond acceptors (Lipinski definition) is 5. The van der Waals surface area contributed by atoms with Crippen molar-refractivity contribution >= 4 is 5.91 Å². The molecule has 1 aromatic carbocycles. The van der Waals surface area contributed by atoms with Gasteiger partial charge in [-0.2, -0.15) is 0 Å². The molecule has 27 heavy (non-hydrogen) atoms. The molecule has 0 radical (unpaired) electrons. The van der Waals surface area contributed by atoms with E-state index in [0.717, 1.165) is 6.42 Å². The van der Waals surface area contributed by atoms with Crippen molar-refractivity contribution in [3.63, 3.8) is 0 Å². The van der Waals surface area contributed by atoms with E-state index in [0.29, 0.717) is 65.8 Å². The molecular weight excluding hydrogens is 346 g/mol. The third-order valence-corrected chi connectivity index (χ3v) is 4.01. The van der Waals surface area contributed by atoms with E-state index in [-0.39, 0.29) is 5.91 Å². The summed E-state index contributed by atoms with van der Waals surface area (Å²) in [5.41, 5.74) is 3.79. The Balaban J connectivity index is 1.91. The zero-order chi connectivity index (χ0) is 19.7. The normalized spacial score (nSPS) is 10.9. The van der Waals surface area contributed by atoms with Crippen LogP contribution in [0.1, 0.15) is 30.0 Å². The minimum absolute atomic E-state index is 0.0175. The van der Waals surface area contributed by atoms with Crippen LogP contribution in [0.4, 0.5) is 0 Å². The second kappa shape index (κ2) is 15.6. The molecule has 154 valence electrons. The van der Waals surface area contributed by atoms with E-state index >= 15 is 0 Å². The Hall–Kier alpha value is -1.47. The smallest absolute Gasteiger partial charge is 0.222 e. The number of aryl methyl sites for hydroxylation is 2. The number of nitrogens with one attached hydrogen (secondary N) is 1. The molecule has 0 heterocycles. The van der Waals surface area contributed by atoms with Crippen LogP contribution < -0.4 is 5.32 Å². The number of carbonyl (C=O) groups excluding carboxylic acids is 1. The zero-order valence-electron chi connectivity index (χ0n) is 17.1. The van der Waals surface area contributed by atoms with E-state index in [1.807, 2.05) is 6.92 Å². The molecule has 0 aromatic heterocycles. The van der Waals surface area contributed by atoms with Crippen molar-refractivity contribution in [2.75, 3.05) is 59.4 Å². The molecule has 0 saturated heterocycles. The van der Waals surface area contributed by atoms with E-state index in [9.17, 15) is 4.79 Å². The fourth-order valence-corrected chi connectivity index (χ4v) is 2.46. The molecule has 0 spiro atoms. The van der Waals surface area contributed by atoms with Crippen molar-refractivity contribution in [2.45, 2.75) is 33.6 Å². The monoisotopic (exact) mass is 381 g/mol. The lowest BCUT2D eigenvalue weighted by molar-refractivity contribution is -0.122. The Morgan fingerprint density at radius 2 is 1.48 bits per heavy atom. The Morgan fingerprint density at radius 3 is 2.11 bits per heavy atom. The minimum Gasteiger partial charge on any atom is -0.379 e. The highest BCUT2D eigenvalue weighted by Gasteiger charge is 2.03. The van der Waals surface area contributed by atoms with Crippen LogP contribution in [0.3, 0.4) is 0 Å². The highest BCUT2D eigenvalue weighted by molar-refractivity contribution is 5.75. The molecule has 0 fully saturated rings. The molecule has 0 bridgehead atoms. The minimum atomic E-state index is 0.0175. The lowest BCUT2D eigenvalue weighted by Crippen LogP contribution is -2.27. The maximum absolute atomic E-state index is 11.8. The van der Waals surface area contributed by atoms with Gasteiger partial charge >= 0.3 is 0 Å². The molecule has 0 aliphatic heterocycles. The Labute approximate surface area is 163 Å². The van der Waals surface area contributed by atoms with Crippen LogP contribution in [0.2, 0.25) is 0 Å². The van der Waals surface area contributed by atoms with Gasteiger partial charge in [0.15, 0.2) is 0 Å². The van der Waals surface area contributed by atoms with Crippen LogP contribution in [0.5, 0.6) is 0 Å². The van der Waals surface area contributed by atoms with E-state index in [4.69, 9.17) is 18.9 Å².